The van der Waals surface area contributed by atoms with Crippen LogP contribution in [0, 0.1) is 6.92 Å². The molecule has 0 atom stereocenters. The van der Waals surface area contributed by atoms with E-state index in [-0.39, 0.29) is 0 Å². The summed E-state index contributed by atoms with van der Waals surface area (Å²) in [5, 5.41) is 7.26. The molecule has 2 heterocycles. The molecule has 1 N–H and O–H groups in total. The summed E-state index contributed by atoms with van der Waals surface area (Å²) < 4.78 is 5.79. The SMILES string of the molecule is CNCc1nc(C)ccc1OCc1ccsc1. The Labute approximate surface area is 105 Å². The summed E-state index contributed by atoms with van der Waals surface area (Å²) in [6.07, 6.45) is 0. The number of rotatable bonds is 5. The van der Waals surface area contributed by atoms with Gasteiger partial charge in [0, 0.05) is 12.2 Å². The molecule has 0 radical (unpaired) electrons. The number of thiophene rings is 1. The lowest BCUT2D eigenvalue weighted by atomic mass is 10.3. The highest BCUT2D eigenvalue weighted by atomic mass is 32.1. The molecule has 0 aliphatic carbocycles. The Bertz CT molecular complexity index is 468. The molecule has 2 aromatic heterocycles. The zero-order valence-corrected chi connectivity index (χ0v) is 10.9. The van der Waals surface area contributed by atoms with Crippen LogP contribution in [0.15, 0.2) is 29.0 Å². The van der Waals surface area contributed by atoms with Crippen molar-refractivity contribution in [1.82, 2.24) is 10.3 Å². The number of aryl methyl sites for hydroxylation is 1. The van der Waals surface area contributed by atoms with Gasteiger partial charge in [-0.15, -0.1) is 0 Å². The summed E-state index contributed by atoms with van der Waals surface area (Å²) in [7, 11) is 1.91. The van der Waals surface area contributed by atoms with Crippen molar-refractivity contribution in [3.8, 4) is 5.75 Å². The number of aromatic nitrogens is 1. The van der Waals surface area contributed by atoms with E-state index in [0.29, 0.717) is 6.61 Å². The standard InChI is InChI=1S/C13H16N2OS/c1-10-3-4-13(12(15-10)7-14-2)16-8-11-5-6-17-9-11/h3-6,9,14H,7-8H2,1-2H3. The number of hydrogen-bond donors (Lipinski definition) is 1. The van der Waals surface area contributed by atoms with Gasteiger partial charge >= 0.3 is 0 Å². The van der Waals surface area contributed by atoms with E-state index in [2.05, 4.69) is 27.1 Å². The second kappa shape index (κ2) is 5.80. The van der Waals surface area contributed by atoms with Gasteiger partial charge in [-0.2, -0.15) is 11.3 Å². The van der Waals surface area contributed by atoms with Gasteiger partial charge in [-0.3, -0.25) is 4.98 Å². The van der Waals surface area contributed by atoms with Crippen LogP contribution in [0.25, 0.3) is 0 Å². The van der Waals surface area contributed by atoms with Crippen LogP contribution in [0.5, 0.6) is 5.75 Å². The number of nitrogens with one attached hydrogen (secondary N) is 1. The van der Waals surface area contributed by atoms with E-state index >= 15 is 0 Å². The summed E-state index contributed by atoms with van der Waals surface area (Å²) in [6.45, 7) is 3.31. The Morgan fingerprint density at radius 2 is 2.24 bits per heavy atom. The summed E-state index contributed by atoms with van der Waals surface area (Å²) >= 11 is 1.68. The van der Waals surface area contributed by atoms with E-state index in [1.807, 2.05) is 26.1 Å². The molecule has 0 bridgehead atoms. The number of hydrogen-bond acceptors (Lipinski definition) is 4. The van der Waals surface area contributed by atoms with Crippen LogP contribution in [-0.2, 0) is 13.2 Å². The summed E-state index contributed by atoms with van der Waals surface area (Å²) in [5.41, 5.74) is 3.17. The van der Waals surface area contributed by atoms with Crippen molar-refractivity contribution in [2.45, 2.75) is 20.1 Å². The smallest absolute Gasteiger partial charge is 0.142 e. The molecule has 0 unspecified atom stereocenters. The van der Waals surface area contributed by atoms with Crippen LogP contribution < -0.4 is 10.1 Å². The van der Waals surface area contributed by atoms with Crippen molar-refractivity contribution in [2.24, 2.45) is 0 Å². The molecular formula is C13H16N2OS. The quantitative estimate of drug-likeness (QED) is 0.883. The van der Waals surface area contributed by atoms with E-state index in [1.165, 1.54) is 5.56 Å². The molecule has 0 aliphatic heterocycles. The number of ether oxygens (including phenoxy) is 1. The van der Waals surface area contributed by atoms with E-state index in [0.717, 1.165) is 23.7 Å². The summed E-state index contributed by atoms with van der Waals surface area (Å²) in [4.78, 5) is 4.48. The second-order valence-electron chi connectivity index (χ2n) is 3.85. The largest absolute Gasteiger partial charge is 0.487 e. The van der Waals surface area contributed by atoms with E-state index < -0.39 is 0 Å². The van der Waals surface area contributed by atoms with Gasteiger partial charge in [-0.05, 0) is 48.5 Å². The van der Waals surface area contributed by atoms with Crippen molar-refractivity contribution in [1.29, 1.82) is 0 Å². The Hall–Kier alpha value is -1.39. The van der Waals surface area contributed by atoms with E-state index in [1.54, 1.807) is 11.3 Å². The monoisotopic (exact) mass is 248 g/mol. The van der Waals surface area contributed by atoms with Crippen LogP contribution in [-0.4, -0.2) is 12.0 Å². The Kier molecular flexibility index (Phi) is 4.12. The topological polar surface area (TPSA) is 34.2 Å². The van der Waals surface area contributed by atoms with Crippen LogP contribution in [0.1, 0.15) is 17.0 Å². The third-order valence-corrected chi connectivity index (χ3v) is 3.12. The number of pyridine rings is 1. The molecule has 0 spiro atoms. The fourth-order valence-electron chi connectivity index (χ4n) is 1.56. The molecule has 0 aromatic carbocycles. The normalized spacial score (nSPS) is 10.5. The average molecular weight is 248 g/mol. The van der Waals surface area contributed by atoms with Crippen LogP contribution in [0.2, 0.25) is 0 Å². The van der Waals surface area contributed by atoms with E-state index in [9.17, 15) is 0 Å². The molecule has 0 aliphatic rings. The highest BCUT2D eigenvalue weighted by Crippen LogP contribution is 2.19. The van der Waals surface area contributed by atoms with Crippen LogP contribution in [0.3, 0.4) is 0 Å². The maximum atomic E-state index is 5.79. The van der Waals surface area contributed by atoms with Gasteiger partial charge in [-0.1, -0.05) is 0 Å². The second-order valence-corrected chi connectivity index (χ2v) is 4.63. The molecule has 0 saturated heterocycles. The molecule has 2 aromatic rings. The fraction of sp³-hybridized carbons (Fsp3) is 0.308. The lowest BCUT2D eigenvalue weighted by molar-refractivity contribution is 0.301. The first kappa shape index (κ1) is 12.1. The molecule has 90 valence electrons. The molecular weight excluding hydrogens is 232 g/mol. The van der Waals surface area contributed by atoms with Crippen LogP contribution >= 0.6 is 11.3 Å². The van der Waals surface area contributed by atoms with Crippen molar-refractivity contribution in [3.05, 3.63) is 45.9 Å². The van der Waals surface area contributed by atoms with Crippen molar-refractivity contribution < 1.29 is 4.74 Å². The van der Waals surface area contributed by atoms with Gasteiger partial charge < -0.3 is 10.1 Å². The zero-order chi connectivity index (χ0) is 12.1. The Balaban J connectivity index is 2.08. The third-order valence-electron chi connectivity index (χ3n) is 2.39. The Morgan fingerprint density at radius 1 is 1.35 bits per heavy atom. The first-order chi connectivity index (χ1) is 8.29. The van der Waals surface area contributed by atoms with Gasteiger partial charge in [0.25, 0.3) is 0 Å². The molecule has 0 amide bonds. The predicted molar refractivity (Wildman–Crippen MR) is 70.4 cm³/mol. The minimum Gasteiger partial charge on any atom is -0.487 e. The zero-order valence-electron chi connectivity index (χ0n) is 10.1. The van der Waals surface area contributed by atoms with E-state index in [4.69, 9.17) is 4.74 Å². The fourth-order valence-corrected chi connectivity index (χ4v) is 2.21. The maximum Gasteiger partial charge on any atom is 0.142 e. The minimum absolute atomic E-state index is 0.602. The van der Waals surface area contributed by atoms with Gasteiger partial charge in [0.15, 0.2) is 0 Å². The van der Waals surface area contributed by atoms with Crippen molar-refractivity contribution >= 4 is 11.3 Å². The minimum atomic E-state index is 0.602. The lowest BCUT2D eigenvalue weighted by Crippen LogP contribution is -2.10. The van der Waals surface area contributed by atoms with Gasteiger partial charge in [-0.25, -0.2) is 0 Å². The summed E-state index contributed by atoms with van der Waals surface area (Å²) in [6, 6.07) is 6.04. The summed E-state index contributed by atoms with van der Waals surface area (Å²) in [5.74, 6) is 0.858. The van der Waals surface area contributed by atoms with Crippen LogP contribution in [0.4, 0.5) is 0 Å². The van der Waals surface area contributed by atoms with Gasteiger partial charge in [0.2, 0.25) is 0 Å². The molecule has 3 nitrogen and oxygen atoms in total. The van der Waals surface area contributed by atoms with Crippen molar-refractivity contribution in [3.63, 3.8) is 0 Å². The molecule has 4 heteroatoms. The molecule has 2 rings (SSSR count). The van der Waals surface area contributed by atoms with Crippen molar-refractivity contribution in [2.75, 3.05) is 7.05 Å². The number of nitrogens with zero attached hydrogens (tertiary/aromatic N) is 1. The Morgan fingerprint density at radius 3 is 2.94 bits per heavy atom. The highest BCUT2D eigenvalue weighted by molar-refractivity contribution is 7.07. The predicted octanol–water partition coefficient (Wildman–Crippen LogP) is 2.75. The van der Waals surface area contributed by atoms with Gasteiger partial charge in [0.05, 0.1) is 5.69 Å². The molecule has 17 heavy (non-hydrogen) atoms. The first-order valence-corrected chi connectivity index (χ1v) is 6.49. The van der Waals surface area contributed by atoms with Gasteiger partial charge in [0.1, 0.15) is 12.4 Å². The first-order valence-electron chi connectivity index (χ1n) is 5.54. The maximum absolute atomic E-state index is 5.79. The lowest BCUT2D eigenvalue weighted by Gasteiger charge is -2.10. The molecule has 0 saturated carbocycles. The highest BCUT2D eigenvalue weighted by Gasteiger charge is 2.05. The molecule has 0 fully saturated rings. The third kappa shape index (κ3) is 3.28. The average Bonchev–Trinajstić information content (AvgIpc) is 2.81.